The van der Waals surface area contributed by atoms with Crippen molar-refractivity contribution >= 4 is 11.0 Å². The highest BCUT2D eigenvalue weighted by Gasteiger charge is 2.48. The second-order valence-corrected chi connectivity index (χ2v) is 12.3. The van der Waals surface area contributed by atoms with E-state index in [0.29, 0.717) is 37.7 Å². The lowest BCUT2D eigenvalue weighted by Crippen LogP contribution is -2.65. The van der Waals surface area contributed by atoms with E-state index in [0.717, 1.165) is 80.0 Å². The molecule has 0 radical (unpaired) electrons. The number of ether oxygens (including phenoxy) is 1. The number of nitriles is 1. The van der Waals surface area contributed by atoms with Gasteiger partial charge in [0.05, 0.1) is 24.4 Å². The van der Waals surface area contributed by atoms with Crippen molar-refractivity contribution in [2.75, 3.05) is 26.2 Å². The Hall–Kier alpha value is -4.02. The predicted octanol–water partition coefficient (Wildman–Crippen LogP) is 5.15. The first-order chi connectivity index (χ1) is 21.3. The van der Waals surface area contributed by atoms with Crippen LogP contribution in [0.2, 0.25) is 0 Å². The Labute approximate surface area is 252 Å². The molecule has 1 aliphatic carbocycles. The molecule has 44 heavy (non-hydrogen) atoms. The molecule has 6 heterocycles. The zero-order chi connectivity index (χ0) is 30.3. The van der Waals surface area contributed by atoms with E-state index in [-0.39, 0.29) is 12.0 Å². The van der Waals surface area contributed by atoms with E-state index in [1.807, 2.05) is 23.1 Å². The fraction of sp³-hybridized carbons (Fsp3) is 0.516. The molecule has 4 aromatic heterocycles. The van der Waals surface area contributed by atoms with Crippen LogP contribution in [0, 0.1) is 11.3 Å². The molecule has 2 saturated heterocycles. The standard InChI is InChI=1S/C31H34F3N9O/c32-31(33,34)26-13-21(16-41-11-1-2-12-41)14-27(40-26)44-24-5-3-23(4-6-24)42-18-30(19-42,8-9-35)43-17-22(15-39-43)28-25-7-10-36-29(25)38-20-37-28/h7,10,13-15,17,20,23-24H,1-6,8,11-12,16,18-19H2,(H,36,37,38). The molecule has 3 aliphatic rings. The molecule has 2 aliphatic heterocycles. The maximum atomic E-state index is 13.6. The Balaban J connectivity index is 0.984. The van der Waals surface area contributed by atoms with Crippen molar-refractivity contribution in [2.45, 2.75) is 75.4 Å². The van der Waals surface area contributed by atoms with Gasteiger partial charge in [0, 0.05) is 55.1 Å². The van der Waals surface area contributed by atoms with Gasteiger partial charge >= 0.3 is 6.18 Å². The van der Waals surface area contributed by atoms with Gasteiger partial charge in [0.1, 0.15) is 29.3 Å². The third kappa shape index (κ3) is 5.64. The minimum Gasteiger partial charge on any atom is -0.474 e. The summed E-state index contributed by atoms with van der Waals surface area (Å²) in [5.41, 5.74) is 1.70. The summed E-state index contributed by atoms with van der Waals surface area (Å²) in [7, 11) is 0. The van der Waals surface area contributed by atoms with Gasteiger partial charge < -0.3 is 9.72 Å². The van der Waals surface area contributed by atoms with E-state index >= 15 is 0 Å². The van der Waals surface area contributed by atoms with Crippen molar-refractivity contribution in [3.63, 3.8) is 0 Å². The number of fused-ring (bicyclic) bond motifs is 1. The minimum atomic E-state index is -4.53. The first-order valence-electron chi connectivity index (χ1n) is 15.2. The smallest absolute Gasteiger partial charge is 0.433 e. The molecule has 0 atom stereocenters. The molecule has 3 fully saturated rings. The van der Waals surface area contributed by atoms with E-state index < -0.39 is 17.4 Å². The number of likely N-dealkylation sites (tertiary alicyclic amines) is 2. The van der Waals surface area contributed by atoms with Crippen LogP contribution < -0.4 is 4.74 Å². The average molecular weight is 606 g/mol. The summed E-state index contributed by atoms with van der Waals surface area (Å²) in [4.78, 5) is 20.2. The number of aromatic nitrogens is 6. The quantitative estimate of drug-likeness (QED) is 0.294. The van der Waals surface area contributed by atoms with Gasteiger partial charge in [-0.2, -0.15) is 23.5 Å². The molecule has 10 nitrogen and oxygen atoms in total. The molecule has 4 aromatic rings. The SMILES string of the molecule is N#CCC1(n2cc(-c3ncnc4[nH]ccc34)cn2)CN(C2CCC(Oc3cc(CN4CCCC4)cc(C(F)(F)F)n3)CC2)C1. The molecule has 13 heteroatoms. The lowest BCUT2D eigenvalue weighted by Gasteiger charge is -2.53. The van der Waals surface area contributed by atoms with Crippen LogP contribution in [0.3, 0.4) is 0 Å². The van der Waals surface area contributed by atoms with Crippen molar-refractivity contribution in [3.05, 3.63) is 54.4 Å². The molecule has 0 amide bonds. The summed E-state index contributed by atoms with van der Waals surface area (Å²) in [5.74, 6) is 0.0598. The number of hydrogen-bond donors (Lipinski definition) is 1. The zero-order valence-electron chi connectivity index (χ0n) is 24.3. The number of pyridine rings is 1. The van der Waals surface area contributed by atoms with Crippen molar-refractivity contribution in [2.24, 2.45) is 0 Å². The van der Waals surface area contributed by atoms with Crippen LogP contribution in [0.1, 0.15) is 56.2 Å². The third-order valence-corrected chi connectivity index (χ3v) is 9.30. The van der Waals surface area contributed by atoms with E-state index in [1.54, 1.807) is 12.3 Å². The Morgan fingerprint density at radius 3 is 2.64 bits per heavy atom. The Morgan fingerprint density at radius 2 is 1.89 bits per heavy atom. The summed E-state index contributed by atoms with van der Waals surface area (Å²) >= 11 is 0. The second-order valence-electron chi connectivity index (χ2n) is 12.3. The largest absolute Gasteiger partial charge is 0.474 e. The molecule has 0 spiro atoms. The highest BCUT2D eigenvalue weighted by molar-refractivity contribution is 5.90. The molecule has 1 N–H and O–H groups in total. The predicted molar refractivity (Wildman–Crippen MR) is 155 cm³/mol. The number of alkyl halides is 3. The fourth-order valence-corrected chi connectivity index (χ4v) is 7.01. The molecule has 7 rings (SSSR count). The van der Waals surface area contributed by atoms with Crippen molar-refractivity contribution in [1.29, 1.82) is 5.26 Å². The number of nitrogens with one attached hydrogen (secondary N) is 1. The monoisotopic (exact) mass is 605 g/mol. The molecular weight excluding hydrogens is 571 g/mol. The number of hydrogen-bond acceptors (Lipinski definition) is 8. The number of nitrogens with zero attached hydrogens (tertiary/aromatic N) is 8. The summed E-state index contributed by atoms with van der Waals surface area (Å²) in [6.07, 6.45) is 8.09. The van der Waals surface area contributed by atoms with Crippen LogP contribution in [-0.4, -0.2) is 77.8 Å². The highest BCUT2D eigenvalue weighted by atomic mass is 19.4. The Kier molecular flexibility index (Phi) is 7.50. The minimum absolute atomic E-state index is 0.0598. The van der Waals surface area contributed by atoms with Gasteiger partial charge in [-0.15, -0.1) is 0 Å². The van der Waals surface area contributed by atoms with Crippen LogP contribution >= 0.6 is 0 Å². The van der Waals surface area contributed by atoms with Crippen molar-refractivity contribution in [1.82, 2.24) is 39.5 Å². The van der Waals surface area contributed by atoms with E-state index in [4.69, 9.17) is 4.74 Å². The Bertz CT molecular complexity index is 1660. The fourth-order valence-electron chi connectivity index (χ4n) is 7.01. The second kappa shape index (κ2) is 11.5. The average Bonchev–Trinajstić information content (AvgIpc) is 3.77. The van der Waals surface area contributed by atoms with Gasteiger partial charge in [0.2, 0.25) is 5.88 Å². The zero-order valence-corrected chi connectivity index (χ0v) is 24.3. The summed E-state index contributed by atoms with van der Waals surface area (Å²) in [6.45, 7) is 3.68. The summed E-state index contributed by atoms with van der Waals surface area (Å²) in [5, 5.41) is 15.2. The Morgan fingerprint density at radius 1 is 1.09 bits per heavy atom. The molecule has 0 unspecified atom stereocenters. The number of H-pyrrole nitrogens is 1. The highest BCUT2D eigenvalue weighted by Crippen LogP contribution is 2.39. The van der Waals surface area contributed by atoms with Crippen LogP contribution in [0.25, 0.3) is 22.3 Å². The van der Waals surface area contributed by atoms with Crippen molar-refractivity contribution < 1.29 is 17.9 Å². The first kappa shape index (κ1) is 28.7. The van der Waals surface area contributed by atoms with Crippen LogP contribution in [0.15, 0.2) is 43.1 Å². The van der Waals surface area contributed by atoms with E-state index in [9.17, 15) is 18.4 Å². The maximum absolute atomic E-state index is 13.6. The van der Waals surface area contributed by atoms with Gasteiger partial charge in [-0.05, 0) is 69.3 Å². The first-order valence-corrected chi connectivity index (χ1v) is 15.2. The molecule has 0 aromatic carbocycles. The van der Waals surface area contributed by atoms with E-state index in [1.165, 1.54) is 6.33 Å². The molecular formula is C31H34F3N9O. The number of rotatable bonds is 8. The van der Waals surface area contributed by atoms with Crippen LogP contribution in [-0.2, 0) is 18.3 Å². The normalized spacial score (nSPS) is 22.6. The summed E-state index contributed by atoms with van der Waals surface area (Å²) < 4.78 is 48.9. The lowest BCUT2D eigenvalue weighted by molar-refractivity contribution is -0.141. The molecule has 230 valence electrons. The topological polar surface area (TPSA) is 112 Å². The van der Waals surface area contributed by atoms with Crippen LogP contribution in [0.4, 0.5) is 13.2 Å². The van der Waals surface area contributed by atoms with Gasteiger partial charge in [-0.3, -0.25) is 14.5 Å². The van der Waals surface area contributed by atoms with Gasteiger partial charge in [-0.25, -0.2) is 15.0 Å². The van der Waals surface area contributed by atoms with Crippen LogP contribution in [0.5, 0.6) is 5.88 Å². The van der Waals surface area contributed by atoms with Gasteiger partial charge in [0.25, 0.3) is 0 Å². The number of halogens is 3. The van der Waals surface area contributed by atoms with Gasteiger partial charge in [0.15, 0.2) is 0 Å². The molecule has 0 bridgehead atoms. The molecule has 1 saturated carbocycles. The number of aromatic amines is 1. The maximum Gasteiger partial charge on any atom is 0.433 e. The van der Waals surface area contributed by atoms with Gasteiger partial charge in [-0.1, -0.05) is 0 Å². The van der Waals surface area contributed by atoms with Crippen molar-refractivity contribution in [3.8, 4) is 23.2 Å². The summed E-state index contributed by atoms with van der Waals surface area (Å²) in [6, 6.07) is 7.43. The third-order valence-electron chi connectivity index (χ3n) is 9.30. The lowest BCUT2D eigenvalue weighted by atomic mass is 9.82. The van der Waals surface area contributed by atoms with E-state index in [2.05, 4.69) is 40.9 Å².